The highest BCUT2D eigenvalue weighted by molar-refractivity contribution is 6.07. The first-order valence-corrected chi connectivity index (χ1v) is 10.6. The van der Waals surface area contributed by atoms with E-state index in [0.29, 0.717) is 23.5 Å². The third-order valence-corrected chi connectivity index (χ3v) is 5.74. The van der Waals surface area contributed by atoms with Gasteiger partial charge in [0.2, 0.25) is 5.76 Å². The Balaban J connectivity index is 1.59. The summed E-state index contributed by atoms with van der Waals surface area (Å²) in [5.41, 5.74) is 4.78. The van der Waals surface area contributed by atoms with E-state index in [-0.39, 0.29) is 11.7 Å². The third-order valence-electron chi connectivity index (χ3n) is 5.74. The van der Waals surface area contributed by atoms with Gasteiger partial charge in [-0.25, -0.2) is 0 Å². The number of oxime groups is 1. The summed E-state index contributed by atoms with van der Waals surface area (Å²) in [4.78, 5) is 19.3. The summed E-state index contributed by atoms with van der Waals surface area (Å²) in [6.07, 6.45) is 4.83. The predicted molar refractivity (Wildman–Crippen MR) is 120 cm³/mol. The summed E-state index contributed by atoms with van der Waals surface area (Å²) in [5, 5.41) is 19.7. The van der Waals surface area contributed by atoms with E-state index >= 15 is 0 Å². The molecule has 2 aromatic heterocycles. The standard InChI is InChI=1S/C23H27N5O3/c1-3-28(4-2)12-11-25-23(29)22-21(18-9-10-24-14-20(18)31-22)26-16-6-7-17-15(13-16)5-8-19(17)27-30/h6-7,9-10,13-14,26,30H,3-5,8,11-12H2,1-2H3,(H,25,29). The van der Waals surface area contributed by atoms with Gasteiger partial charge >= 0.3 is 0 Å². The van der Waals surface area contributed by atoms with E-state index in [9.17, 15) is 4.79 Å². The number of benzene rings is 1. The van der Waals surface area contributed by atoms with Crippen molar-refractivity contribution in [3.63, 3.8) is 0 Å². The molecule has 0 atom stereocenters. The van der Waals surface area contributed by atoms with Crippen molar-refractivity contribution in [2.45, 2.75) is 26.7 Å². The van der Waals surface area contributed by atoms with Crippen LogP contribution >= 0.6 is 0 Å². The molecule has 3 N–H and O–H groups in total. The van der Waals surface area contributed by atoms with E-state index in [1.54, 1.807) is 12.4 Å². The second-order valence-electron chi connectivity index (χ2n) is 7.50. The highest BCUT2D eigenvalue weighted by Gasteiger charge is 2.23. The van der Waals surface area contributed by atoms with E-state index in [1.807, 2.05) is 24.3 Å². The average Bonchev–Trinajstić information content (AvgIpc) is 3.38. The number of nitrogens with zero attached hydrogens (tertiary/aromatic N) is 3. The Morgan fingerprint density at radius 3 is 2.87 bits per heavy atom. The van der Waals surface area contributed by atoms with Crippen LogP contribution in [0.15, 0.2) is 46.2 Å². The van der Waals surface area contributed by atoms with E-state index in [0.717, 1.165) is 54.7 Å². The average molecular weight is 422 g/mol. The number of amides is 1. The molecule has 1 aliphatic carbocycles. The topological polar surface area (TPSA) is 103 Å². The number of nitrogens with one attached hydrogen (secondary N) is 2. The van der Waals surface area contributed by atoms with Crippen molar-refractivity contribution in [1.29, 1.82) is 0 Å². The lowest BCUT2D eigenvalue weighted by atomic mass is 10.1. The van der Waals surface area contributed by atoms with Crippen LogP contribution in [0.3, 0.4) is 0 Å². The maximum atomic E-state index is 12.9. The Kier molecular flexibility index (Phi) is 6.18. The number of carbonyl (C=O) groups excluding carboxylic acids is 1. The molecule has 2 heterocycles. The van der Waals surface area contributed by atoms with Gasteiger partial charge < -0.3 is 25.2 Å². The molecule has 0 aliphatic heterocycles. The number of anilines is 2. The fraction of sp³-hybridized carbons (Fsp3) is 0.348. The molecule has 0 spiro atoms. The van der Waals surface area contributed by atoms with Crippen molar-refractivity contribution < 1.29 is 14.4 Å². The second-order valence-corrected chi connectivity index (χ2v) is 7.50. The first-order valence-electron chi connectivity index (χ1n) is 10.6. The maximum Gasteiger partial charge on any atom is 0.289 e. The molecule has 1 aromatic carbocycles. The minimum absolute atomic E-state index is 0.237. The van der Waals surface area contributed by atoms with Crippen LogP contribution in [0.5, 0.6) is 0 Å². The van der Waals surface area contributed by atoms with Crippen LogP contribution in [0.1, 0.15) is 41.9 Å². The number of likely N-dealkylation sites (N-methyl/N-ethyl adjacent to an activating group) is 1. The van der Waals surface area contributed by atoms with Gasteiger partial charge in [-0.3, -0.25) is 9.78 Å². The molecular weight excluding hydrogens is 394 g/mol. The third kappa shape index (κ3) is 4.25. The number of aromatic nitrogens is 1. The van der Waals surface area contributed by atoms with Crippen LogP contribution in [0.4, 0.5) is 11.4 Å². The van der Waals surface area contributed by atoms with Gasteiger partial charge in [-0.05, 0) is 49.7 Å². The number of furan rings is 1. The SMILES string of the molecule is CCN(CC)CCNC(=O)c1oc2cnccc2c1Nc1ccc2c(c1)CCC2=NO. The molecule has 8 nitrogen and oxygen atoms in total. The number of fused-ring (bicyclic) bond motifs is 2. The van der Waals surface area contributed by atoms with Gasteiger partial charge in [0.1, 0.15) is 0 Å². The molecule has 0 saturated heterocycles. The highest BCUT2D eigenvalue weighted by atomic mass is 16.4. The molecule has 162 valence electrons. The number of hydrogen-bond donors (Lipinski definition) is 3. The van der Waals surface area contributed by atoms with Gasteiger partial charge in [-0.2, -0.15) is 0 Å². The molecule has 0 unspecified atom stereocenters. The quantitative estimate of drug-likeness (QED) is 0.378. The zero-order chi connectivity index (χ0) is 21.8. The Bertz CT molecular complexity index is 1120. The number of aryl methyl sites for hydroxylation is 1. The number of rotatable bonds is 8. The molecule has 8 heteroatoms. The van der Waals surface area contributed by atoms with Crippen molar-refractivity contribution in [1.82, 2.24) is 15.2 Å². The Morgan fingerprint density at radius 1 is 1.26 bits per heavy atom. The van der Waals surface area contributed by atoms with Crippen molar-refractivity contribution in [3.8, 4) is 0 Å². The highest BCUT2D eigenvalue weighted by Crippen LogP contribution is 2.34. The molecular formula is C23H27N5O3. The van der Waals surface area contributed by atoms with Crippen LogP contribution in [0.25, 0.3) is 11.0 Å². The van der Waals surface area contributed by atoms with Gasteiger partial charge in [0.15, 0.2) is 5.58 Å². The summed E-state index contributed by atoms with van der Waals surface area (Å²) in [6.45, 7) is 7.41. The zero-order valence-electron chi connectivity index (χ0n) is 17.8. The molecule has 3 aromatic rings. The van der Waals surface area contributed by atoms with Crippen molar-refractivity contribution in [3.05, 3.63) is 53.5 Å². The Morgan fingerprint density at radius 2 is 2.10 bits per heavy atom. The Hall–Kier alpha value is -3.39. The van der Waals surface area contributed by atoms with Crippen LogP contribution < -0.4 is 10.6 Å². The normalized spacial score (nSPS) is 14.4. The minimum atomic E-state index is -0.262. The minimum Gasteiger partial charge on any atom is -0.447 e. The van der Waals surface area contributed by atoms with Gasteiger partial charge in [-0.15, -0.1) is 0 Å². The van der Waals surface area contributed by atoms with Gasteiger partial charge in [-0.1, -0.05) is 25.1 Å². The molecule has 0 bridgehead atoms. The van der Waals surface area contributed by atoms with Crippen LogP contribution in [-0.4, -0.2) is 52.9 Å². The van der Waals surface area contributed by atoms with Crippen molar-refractivity contribution in [2.24, 2.45) is 5.16 Å². The molecule has 4 rings (SSSR count). The Labute approximate surface area is 180 Å². The van der Waals surface area contributed by atoms with E-state index < -0.39 is 0 Å². The van der Waals surface area contributed by atoms with Gasteiger partial charge in [0.25, 0.3) is 5.91 Å². The fourth-order valence-corrected chi connectivity index (χ4v) is 3.98. The number of carbonyl (C=O) groups is 1. The summed E-state index contributed by atoms with van der Waals surface area (Å²) >= 11 is 0. The smallest absolute Gasteiger partial charge is 0.289 e. The van der Waals surface area contributed by atoms with Crippen molar-refractivity contribution >= 4 is 34.0 Å². The lowest BCUT2D eigenvalue weighted by Crippen LogP contribution is -2.34. The molecule has 1 aliphatic rings. The monoisotopic (exact) mass is 421 g/mol. The van der Waals surface area contributed by atoms with Crippen LogP contribution in [-0.2, 0) is 6.42 Å². The van der Waals surface area contributed by atoms with E-state index in [4.69, 9.17) is 9.62 Å². The first-order chi connectivity index (χ1) is 15.1. The summed E-state index contributed by atoms with van der Waals surface area (Å²) < 4.78 is 5.87. The fourth-order valence-electron chi connectivity index (χ4n) is 3.98. The molecule has 1 amide bonds. The molecule has 0 radical (unpaired) electrons. The predicted octanol–water partition coefficient (Wildman–Crippen LogP) is 3.77. The van der Waals surface area contributed by atoms with Gasteiger partial charge in [0.05, 0.1) is 17.6 Å². The molecule has 31 heavy (non-hydrogen) atoms. The first kappa shape index (κ1) is 20.9. The van der Waals surface area contributed by atoms with Crippen LogP contribution in [0.2, 0.25) is 0 Å². The summed E-state index contributed by atoms with van der Waals surface area (Å²) in [7, 11) is 0. The second kappa shape index (κ2) is 9.18. The summed E-state index contributed by atoms with van der Waals surface area (Å²) in [6, 6.07) is 7.71. The molecule has 0 saturated carbocycles. The van der Waals surface area contributed by atoms with E-state index in [1.165, 1.54) is 0 Å². The summed E-state index contributed by atoms with van der Waals surface area (Å²) in [5.74, 6) is -0.0256. The number of hydrogen-bond acceptors (Lipinski definition) is 7. The maximum absolute atomic E-state index is 12.9. The van der Waals surface area contributed by atoms with Crippen molar-refractivity contribution in [2.75, 3.05) is 31.5 Å². The zero-order valence-corrected chi connectivity index (χ0v) is 17.8. The largest absolute Gasteiger partial charge is 0.447 e. The number of pyridine rings is 1. The molecule has 0 fully saturated rings. The van der Waals surface area contributed by atoms with E-state index in [2.05, 4.69) is 39.5 Å². The van der Waals surface area contributed by atoms with Crippen LogP contribution in [0, 0.1) is 0 Å². The lowest BCUT2D eigenvalue weighted by Gasteiger charge is -2.17. The lowest BCUT2D eigenvalue weighted by molar-refractivity contribution is 0.0924. The van der Waals surface area contributed by atoms with Gasteiger partial charge in [0, 0.05) is 35.9 Å².